The molecule has 6 rings (SSSR count). The molecule has 2 amide bonds. The molecule has 10 heteroatoms. The molecule has 0 radical (unpaired) electrons. The van der Waals surface area contributed by atoms with E-state index in [2.05, 4.69) is 10.3 Å². The lowest BCUT2D eigenvalue weighted by molar-refractivity contribution is 0.176. The minimum Gasteiger partial charge on any atom is -0.391 e. The summed E-state index contributed by atoms with van der Waals surface area (Å²) in [5, 5.41) is 17.2. The van der Waals surface area contributed by atoms with Crippen LogP contribution in [-0.2, 0) is 5.54 Å². The zero-order valence-corrected chi connectivity index (χ0v) is 17.2. The van der Waals surface area contributed by atoms with Crippen LogP contribution in [-0.4, -0.2) is 56.4 Å². The zero-order valence-electron chi connectivity index (χ0n) is 17.2. The van der Waals surface area contributed by atoms with Gasteiger partial charge in [-0.05, 0) is 55.5 Å². The lowest BCUT2D eigenvalue weighted by Gasteiger charge is -2.30. The Morgan fingerprint density at radius 1 is 1.19 bits per heavy atom. The van der Waals surface area contributed by atoms with Gasteiger partial charge in [-0.25, -0.2) is 18.6 Å². The highest BCUT2D eigenvalue weighted by atomic mass is 19.1. The second-order valence-corrected chi connectivity index (χ2v) is 8.81. The average Bonchev–Trinajstić information content (AvgIpc) is 3.10. The standard InChI is InChI=1S/C22H22F2N6O2/c23-14-1-2-17(24)16(9-14)22-10-13(22)5-8-29(22)19-4-3-18-25-11-20(30(18)27-19)26-21(32)28-7-6-15(31)12-28/h1-4,9,11,13,15,31H,5-8,10,12H2,(H,26,32)/t13-,15-,22+/m0/s1. The number of amides is 2. The van der Waals surface area contributed by atoms with Gasteiger partial charge in [0.1, 0.15) is 17.5 Å². The lowest BCUT2D eigenvalue weighted by atomic mass is 10.0. The van der Waals surface area contributed by atoms with E-state index in [-0.39, 0.29) is 18.5 Å². The van der Waals surface area contributed by atoms with E-state index in [1.807, 2.05) is 11.0 Å². The molecule has 2 N–H and O–H groups in total. The molecular formula is C22H22F2N6O2. The van der Waals surface area contributed by atoms with E-state index in [0.29, 0.717) is 42.4 Å². The highest BCUT2D eigenvalue weighted by molar-refractivity contribution is 5.89. The molecule has 32 heavy (non-hydrogen) atoms. The Kier molecular flexibility index (Phi) is 4.16. The molecule has 1 aromatic carbocycles. The van der Waals surface area contributed by atoms with Crippen LogP contribution in [0, 0.1) is 17.6 Å². The average molecular weight is 440 g/mol. The van der Waals surface area contributed by atoms with E-state index < -0.39 is 23.3 Å². The van der Waals surface area contributed by atoms with Crippen molar-refractivity contribution in [3.8, 4) is 0 Å². The Labute approximate surface area is 182 Å². The third kappa shape index (κ3) is 2.85. The van der Waals surface area contributed by atoms with Crippen molar-refractivity contribution in [3.05, 3.63) is 53.7 Å². The summed E-state index contributed by atoms with van der Waals surface area (Å²) in [6, 6.07) is 6.90. The van der Waals surface area contributed by atoms with Gasteiger partial charge in [-0.1, -0.05) is 0 Å². The van der Waals surface area contributed by atoms with Crippen LogP contribution in [0.15, 0.2) is 36.5 Å². The van der Waals surface area contributed by atoms with Crippen LogP contribution < -0.4 is 10.2 Å². The Balaban J connectivity index is 1.33. The van der Waals surface area contributed by atoms with Gasteiger partial charge in [0.15, 0.2) is 11.5 Å². The number of aromatic nitrogens is 3. The number of urea groups is 1. The number of likely N-dealkylation sites (tertiary alicyclic amines) is 1. The van der Waals surface area contributed by atoms with Gasteiger partial charge in [0.25, 0.3) is 0 Å². The van der Waals surface area contributed by atoms with Crippen molar-refractivity contribution in [1.82, 2.24) is 19.5 Å². The van der Waals surface area contributed by atoms with Crippen molar-refractivity contribution in [3.63, 3.8) is 0 Å². The maximum atomic E-state index is 14.7. The van der Waals surface area contributed by atoms with Crippen molar-refractivity contribution >= 4 is 23.3 Å². The predicted molar refractivity (Wildman–Crippen MR) is 112 cm³/mol. The minimum absolute atomic E-state index is 0.250. The number of nitrogens with one attached hydrogen (secondary N) is 1. The number of hydrogen-bond donors (Lipinski definition) is 2. The number of carbonyl (C=O) groups is 1. The number of aliphatic hydroxyl groups excluding tert-OH is 1. The van der Waals surface area contributed by atoms with E-state index >= 15 is 0 Å². The van der Waals surface area contributed by atoms with Gasteiger partial charge in [-0.2, -0.15) is 4.52 Å². The van der Waals surface area contributed by atoms with Crippen LogP contribution in [0.2, 0.25) is 0 Å². The second-order valence-electron chi connectivity index (χ2n) is 8.81. The van der Waals surface area contributed by atoms with Crippen molar-refractivity contribution in [1.29, 1.82) is 0 Å². The van der Waals surface area contributed by atoms with Crippen LogP contribution in [0.3, 0.4) is 0 Å². The van der Waals surface area contributed by atoms with Crippen LogP contribution in [0.25, 0.3) is 5.65 Å². The maximum absolute atomic E-state index is 14.7. The minimum atomic E-state index is -0.595. The van der Waals surface area contributed by atoms with E-state index in [0.717, 1.165) is 18.9 Å². The second kappa shape index (κ2) is 6.86. The fraction of sp³-hybridized carbons (Fsp3) is 0.409. The van der Waals surface area contributed by atoms with E-state index in [1.54, 1.807) is 15.5 Å². The maximum Gasteiger partial charge on any atom is 0.323 e. The molecule has 0 bridgehead atoms. The molecule has 1 saturated carbocycles. The summed E-state index contributed by atoms with van der Waals surface area (Å²) in [6.07, 6.45) is 3.20. The fourth-order valence-electron chi connectivity index (χ4n) is 5.30. The molecule has 0 unspecified atom stereocenters. The summed E-state index contributed by atoms with van der Waals surface area (Å²) in [7, 11) is 0. The van der Waals surface area contributed by atoms with Gasteiger partial charge in [0.05, 0.1) is 17.8 Å². The summed E-state index contributed by atoms with van der Waals surface area (Å²) in [4.78, 5) is 20.4. The number of aliphatic hydroxyl groups is 1. The molecule has 3 fully saturated rings. The van der Waals surface area contributed by atoms with Gasteiger partial charge >= 0.3 is 6.03 Å². The largest absolute Gasteiger partial charge is 0.391 e. The van der Waals surface area contributed by atoms with Crippen LogP contribution in [0.1, 0.15) is 24.8 Å². The molecule has 3 aliphatic rings. The van der Waals surface area contributed by atoms with E-state index in [4.69, 9.17) is 5.10 Å². The van der Waals surface area contributed by atoms with Crippen LogP contribution in [0.4, 0.5) is 25.2 Å². The van der Waals surface area contributed by atoms with Gasteiger partial charge < -0.3 is 14.9 Å². The molecule has 4 heterocycles. The number of hydrogen-bond acceptors (Lipinski definition) is 5. The Morgan fingerprint density at radius 3 is 2.84 bits per heavy atom. The van der Waals surface area contributed by atoms with Crippen molar-refractivity contribution in [2.45, 2.75) is 30.9 Å². The Morgan fingerprint density at radius 2 is 2.06 bits per heavy atom. The number of halogens is 2. The van der Waals surface area contributed by atoms with Gasteiger partial charge in [0.2, 0.25) is 0 Å². The van der Waals surface area contributed by atoms with Crippen molar-refractivity contribution < 1.29 is 18.7 Å². The number of nitrogens with zero attached hydrogens (tertiary/aromatic N) is 5. The summed E-state index contributed by atoms with van der Waals surface area (Å²) >= 11 is 0. The molecule has 8 nitrogen and oxygen atoms in total. The third-order valence-corrected chi connectivity index (χ3v) is 6.96. The first kappa shape index (κ1) is 19.4. The highest BCUT2D eigenvalue weighted by Crippen LogP contribution is 2.63. The molecule has 2 aromatic heterocycles. The number of β-amino-alcohol motifs (C(OH)–C–C–N with tert-alkyl or cyclic N) is 1. The molecule has 2 aliphatic heterocycles. The van der Waals surface area contributed by atoms with Crippen LogP contribution in [0.5, 0.6) is 0 Å². The lowest BCUT2D eigenvalue weighted by Crippen LogP contribution is -2.35. The molecule has 1 aliphatic carbocycles. The zero-order chi connectivity index (χ0) is 22.0. The quantitative estimate of drug-likeness (QED) is 0.654. The van der Waals surface area contributed by atoms with Crippen LogP contribution >= 0.6 is 0 Å². The number of fused-ring (bicyclic) bond motifs is 2. The topological polar surface area (TPSA) is 86.0 Å². The summed E-state index contributed by atoms with van der Waals surface area (Å²) < 4.78 is 30.2. The number of piperidine rings is 1. The monoisotopic (exact) mass is 440 g/mol. The summed E-state index contributed by atoms with van der Waals surface area (Å²) in [6.45, 7) is 1.46. The molecule has 2 saturated heterocycles. The first-order valence-electron chi connectivity index (χ1n) is 10.8. The molecule has 166 valence electrons. The molecule has 3 atom stereocenters. The molecular weight excluding hydrogens is 418 g/mol. The number of carbonyl (C=O) groups excluding carboxylic acids is 1. The fourth-order valence-corrected chi connectivity index (χ4v) is 5.30. The summed E-state index contributed by atoms with van der Waals surface area (Å²) in [5.41, 5.74) is 0.333. The third-order valence-electron chi connectivity index (χ3n) is 6.96. The smallest absolute Gasteiger partial charge is 0.323 e. The summed E-state index contributed by atoms with van der Waals surface area (Å²) in [5.74, 6) is 0.408. The first-order valence-corrected chi connectivity index (χ1v) is 10.8. The van der Waals surface area contributed by atoms with Crippen molar-refractivity contribution in [2.75, 3.05) is 29.9 Å². The van der Waals surface area contributed by atoms with Gasteiger partial charge in [-0.3, -0.25) is 5.32 Å². The normalized spacial score (nSPS) is 26.6. The van der Waals surface area contributed by atoms with Gasteiger partial charge in [-0.15, -0.1) is 5.10 Å². The first-order chi connectivity index (χ1) is 15.5. The number of anilines is 2. The van der Waals surface area contributed by atoms with Gasteiger partial charge in [0, 0.05) is 25.2 Å². The Hall–Kier alpha value is -3.27. The van der Waals surface area contributed by atoms with E-state index in [1.165, 1.54) is 18.3 Å². The Bertz CT molecular complexity index is 1230. The molecule has 3 aromatic rings. The van der Waals surface area contributed by atoms with Crippen molar-refractivity contribution in [2.24, 2.45) is 5.92 Å². The predicted octanol–water partition coefficient (Wildman–Crippen LogP) is 2.73. The number of benzene rings is 1. The number of rotatable bonds is 3. The van der Waals surface area contributed by atoms with E-state index in [9.17, 15) is 18.7 Å². The highest BCUT2D eigenvalue weighted by Gasteiger charge is 2.64. The SMILES string of the molecule is O=C(Nc1cnc2ccc(N3CC[C@H]4C[C@]43c3cc(F)ccc3F)nn12)N1CC[C@H](O)C1. The number of imidazole rings is 1. The molecule has 0 spiro atoms.